The van der Waals surface area contributed by atoms with Crippen molar-refractivity contribution in [3.8, 4) is 5.75 Å². The van der Waals surface area contributed by atoms with E-state index in [4.69, 9.17) is 10.5 Å². The molecule has 16 heavy (non-hydrogen) atoms. The van der Waals surface area contributed by atoms with Crippen LogP contribution in [0.2, 0.25) is 0 Å². The first-order valence-electron chi connectivity index (χ1n) is 5.17. The lowest BCUT2D eigenvalue weighted by molar-refractivity contribution is 0.403. The Morgan fingerprint density at radius 1 is 1.38 bits per heavy atom. The third kappa shape index (κ3) is 2.88. The van der Waals surface area contributed by atoms with Crippen molar-refractivity contribution >= 4 is 15.5 Å². The summed E-state index contributed by atoms with van der Waals surface area (Å²) in [4.78, 5) is 0.220. The molecule has 2 N–H and O–H groups in total. The smallest absolute Gasteiger partial charge is 0.182 e. The molecule has 0 saturated heterocycles. The van der Waals surface area contributed by atoms with Gasteiger partial charge in [0.25, 0.3) is 0 Å². The number of benzene rings is 1. The van der Waals surface area contributed by atoms with Crippen LogP contribution in [0.1, 0.15) is 19.8 Å². The molecular weight excluding hydrogens is 226 g/mol. The number of methoxy groups -OCH3 is 1. The van der Waals surface area contributed by atoms with Gasteiger partial charge in [-0.3, -0.25) is 0 Å². The predicted octanol–water partition coefficient (Wildman–Crippen LogP) is 1.85. The van der Waals surface area contributed by atoms with Gasteiger partial charge in [0.05, 0.1) is 12.9 Å². The minimum atomic E-state index is -3.26. The highest BCUT2D eigenvalue weighted by Crippen LogP contribution is 2.27. The number of unbranched alkanes of at least 4 members (excludes halogenated alkanes) is 1. The maximum Gasteiger partial charge on any atom is 0.182 e. The van der Waals surface area contributed by atoms with Gasteiger partial charge in [-0.25, -0.2) is 8.42 Å². The number of nitrogens with two attached hydrogens (primary N) is 1. The number of anilines is 1. The minimum Gasteiger partial charge on any atom is -0.495 e. The van der Waals surface area contributed by atoms with Crippen LogP contribution in [0, 0.1) is 0 Å². The van der Waals surface area contributed by atoms with Gasteiger partial charge in [-0.2, -0.15) is 0 Å². The van der Waals surface area contributed by atoms with Crippen molar-refractivity contribution in [3.63, 3.8) is 0 Å². The summed E-state index contributed by atoms with van der Waals surface area (Å²) in [7, 11) is -1.82. The molecule has 0 aliphatic heterocycles. The van der Waals surface area contributed by atoms with Crippen LogP contribution in [-0.4, -0.2) is 21.3 Å². The Labute approximate surface area is 96.3 Å². The zero-order chi connectivity index (χ0) is 12.2. The highest BCUT2D eigenvalue weighted by atomic mass is 32.2. The van der Waals surface area contributed by atoms with Gasteiger partial charge in [0, 0.05) is 11.8 Å². The Balaban J connectivity index is 3.12. The van der Waals surface area contributed by atoms with Gasteiger partial charge in [0.1, 0.15) is 10.6 Å². The van der Waals surface area contributed by atoms with E-state index in [1.54, 1.807) is 6.07 Å². The predicted molar refractivity (Wildman–Crippen MR) is 64.4 cm³/mol. The molecule has 0 amide bonds. The van der Waals surface area contributed by atoms with Crippen LogP contribution in [0.3, 0.4) is 0 Å². The summed E-state index contributed by atoms with van der Waals surface area (Å²) in [5.41, 5.74) is 6.06. The number of hydrogen-bond acceptors (Lipinski definition) is 4. The molecule has 0 atom stereocenters. The van der Waals surface area contributed by atoms with E-state index in [9.17, 15) is 8.42 Å². The highest BCUT2D eigenvalue weighted by molar-refractivity contribution is 7.91. The fraction of sp³-hybridized carbons (Fsp3) is 0.455. The fourth-order valence-electron chi connectivity index (χ4n) is 1.39. The standard InChI is InChI=1S/C11H17NO3S/c1-3-4-7-16(13,14)11-6-5-9(12)8-10(11)15-2/h5-6,8H,3-4,7,12H2,1-2H3. The van der Waals surface area contributed by atoms with Gasteiger partial charge >= 0.3 is 0 Å². The Bertz CT molecular complexity index is 454. The Hall–Kier alpha value is -1.23. The molecule has 0 spiro atoms. The largest absolute Gasteiger partial charge is 0.495 e. The molecule has 0 bridgehead atoms. The zero-order valence-corrected chi connectivity index (χ0v) is 10.4. The number of rotatable bonds is 5. The zero-order valence-electron chi connectivity index (χ0n) is 9.56. The maximum absolute atomic E-state index is 12.0. The van der Waals surface area contributed by atoms with E-state index in [1.165, 1.54) is 19.2 Å². The average molecular weight is 243 g/mol. The summed E-state index contributed by atoms with van der Waals surface area (Å²) < 4.78 is 29.0. The van der Waals surface area contributed by atoms with E-state index >= 15 is 0 Å². The van der Waals surface area contributed by atoms with E-state index in [1.807, 2.05) is 6.92 Å². The second kappa shape index (κ2) is 5.21. The summed E-state index contributed by atoms with van der Waals surface area (Å²) in [6.45, 7) is 1.95. The summed E-state index contributed by atoms with van der Waals surface area (Å²) in [6.07, 6.45) is 1.49. The minimum absolute atomic E-state index is 0.143. The Morgan fingerprint density at radius 2 is 2.06 bits per heavy atom. The number of ether oxygens (including phenoxy) is 1. The maximum atomic E-state index is 12.0. The third-order valence-corrected chi connectivity index (χ3v) is 4.12. The van der Waals surface area contributed by atoms with E-state index in [2.05, 4.69) is 0 Å². The molecule has 0 unspecified atom stereocenters. The van der Waals surface area contributed by atoms with Crippen LogP contribution in [0.15, 0.2) is 23.1 Å². The topological polar surface area (TPSA) is 69.4 Å². The van der Waals surface area contributed by atoms with Gasteiger partial charge in [-0.05, 0) is 18.6 Å². The fourth-order valence-corrected chi connectivity index (χ4v) is 3.00. The molecule has 0 fully saturated rings. The van der Waals surface area contributed by atoms with Crippen molar-refractivity contribution in [2.75, 3.05) is 18.6 Å². The van der Waals surface area contributed by atoms with Crippen molar-refractivity contribution in [1.29, 1.82) is 0 Å². The molecule has 0 heterocycles. The molecule has 5 heteroatoms. The molecule has 0 radical (unpaired) electrons. The number of nitrogen functional groups attached to an aromatic ring is 1. The molecule has 1 aromatic rings. The van der Waals surface area contributed by atoms with Crippen LogP contribution in [0.25, 0.3) is 0 Å². The molecule has 4 nitrogen and oxygen atoms in total. The molecule has 0 aromatic heterocycles. The molecule has 0 aliphatic rings. The summed E-state index contributed by atoms with van der Waals surface area (Å²) in [5, 5.41) is 0. The molecule has 0 saturated carbocycles. The summed E-state index contributed by atoms with van der Waals surface area (Å²) in [5.74, 6) is 0.458. The van der Waals surface area contributed by atoms with Crippen molar-refractivity contribution in [3.05, 3.63) is 18.2 Å². The van der Waals surface area contributed by atoms with Gasteiger partial charge in [-0.1, -0.05) is 13.3 Å². The number of hydrogen-bond donors (Lipinski definition) is 1. The van der Waals surface area contributed by atoms with Crippen LogP contribution in [0.5, 0.6) is 5.75 Å². The second-order valence-electron chi connectivity index (χ2n) is 3.58. The van der Waals surface area contributed by atoms with Crippen molar-refractivity contribution in [2.24, 2.45) is 0 Å². The lowest BCUT2D eigenvalue weighted by Gasteiger charge is -2.09. The number of sulfone groups is 1. The molecular formula is C11H17NO3S. The molecule has 0 aliphatic carbocycles. The lowest BCUT2D eigenvalue weighted by atomic mass is 10.3. The molecule has 1 rings (SSSR count). The van der Waals surface area contributed by atoms with E-state index < -0.39 is 9.84 Å². The first-order chi connectivity index (χ1) is 7.51. The Morgan fingerprint density at radius 3 is 2.62 bits per heavy atom. The third-order valence-electron chi connectivity index (χ3n) is 2.29. The Kier molecular flexibility index (Phi) is 4.18. The first kappa shape index (κ1) is 12.8. The second-order valence-corrected chi connectivity index (χ2v) is 5.66. The molecule has 90 valence electrons. The van der Waals surface area contributed by atoms with Gasteiger partial charge in [0.15, 0.2) is 9.84 Å². The highest BCUT2D eigenvalue weighted by Gasteiger charge is 2.18. The van der Waals surface area contributed by atoms with Crippen molar-refractivity contribution in [2.45, 2.75) is 24.7 Å². The summed E-state index contributed by atoms with van der Waals surface area (Å²) >= 11 is 0. The van der Waals surface area contributed by atoms with E-state index in [0.29, 0.717) is 17.9 Å². The quantitative estimate of drug-likeness (QED) is 0.801. The average Bonchev–Trinajstić information content (AvgIpc) is 2.26. The van der Waals surface area contributed by atoms with Gasteiger partial charge in [-0.15, -0.1) is 0 Å². The normalized spacial score (nSPS) is 11.4. The van der Waals surface area contributed by atoms with Crippen molar-refractivity contribution < 1.29 is 13.2 Å². The SMILES string of the molecule is CCCCS(=O)(=O)c1ccc(N)cc1OC. The van der Waals surface area contributed by atoms with E-state index in [0.717, 1.165) is 6.42 Å². The van der Waals surface area contributed by atoms with Crippen LogP contribution in [-0.2, 0) is 9.84 Å². The monoisotopic (exact) mass is 243 g/mol. The van der Waals surface area contributed by atoms with Crippen LogP contribution < -0.4 is 10.5 Å². The lowest BCUT2D eigenvalue weighted by Crippen LogP contribution is -2.08. The summed E-state index contributed by atoms with van der Waals surface area (Å²) in [6, 6.07) is 4.60. The van der Waals surface area contributed by atoms with E-state index in [-0.39, 0.29) is 10.6 Å². The first-order valence-corrected chi connectivity index (χ1v) is 6.82. The molecule has 1 aromatic carbocycles. The van der Waals surface area contributed by atoms with Crippen LogP contribution in [0.4, 0.5) is 5.69 Å². The van der Waals surface area contributed by atoms with Crippen LogP contribution >= 0.6 is 0 Å². The van der Waals surface area contributed by atoms with Crippen molar-refractivity contribution in [1.82, 2.24) is 0 Å². The van der Waals surface area contributed by atoms with Gasteiger partial charge in [0.2, 0.25) is 0 Å². The van der Waals surface area contributed by atoms with Gasteiger partial charge < -0.3 is 10.5 Å².